The summed E-state index contributed by atoms with van der Waals surface area (Å²) in [7, 11) is 1.25. The van der Waals surface area contributed by atoms with Crippen LogP contribution in [0.1, 0.15) is 15.9 Å². The number of hydrogen-bond donors (Lipinski definition) is 1. The van der Waals surface area contributed by atoms with Crippen LogP contribution in [0.5, 0.6) is 5.75 Å². The van der Waals surface area contributed by atoms with Crippen LogP contribution in [0.25, 0.3) is 0 Å². The largest absolute Gasteiger partial charge is 0.492 e. The number of ether oxygens (including phenoxy) is 1. The van der Waals surface area contributed by atoms with Crippen LogP contribution in [0.3, 0.4) is 0 Å². The van der Waals surface area contributed by atoms with Crippen molar-refractivity contribution in [2.75, 3.05) is 13.7 Å². The molecular formula is C10H9FN2O2. The topological polar surface area (TPSA) is 76.1 Å². The molecule has 0 aliphatic carbocycles. The van der Waals surface area contributed by atoms with Gasteiger partial charge in [-0.3, -0.25) is 4.79 Å². The number of ketones is 1. The second kappa shape index (κ2) is 4.53. The number of hydrogen-bond acceptors (Lipinski definition) is 4. The van der Waals surface area contributed by atoms with Gasteiger partial charge >= 0.3 is 0 Å². The smallest absolute Gasteiger partial charge is 0.176 e. The molecular weight excluding hydrogens is 199 g/mol. The fourth-order valence-corrected chi connectivity index (χ4v) is 1.16. The molecule has 1 rings (SSSR count). The number of carbonyl (C=O) groups excluding carboxylic acids is 1. The summed E-state index contributed by atoms with van der Waals surface area (Å²) in [5, 5.41) is 8.71. The molecule has 78 valence electrons. The summed E-state index contributed by atoms with van der Waals surface area (Å²) >= 11 is 0. The predicted molar refractivity (Wildman–Crippen MR) is 51.1 cm³/mol. The van der Waals surface area contributed by atoms with Crippen molar-refractivity contribution in [3.63, 3.8) is 0 Å². The fraction of sp³-hybridized carbons (Fsp3) is 0.200. The third-order valence-electron chi connectivity index (χ3n) is 1.88. The summed E-state index contributed by atoms with van der Waals surface area (Å²) in [4.78, 5) is 11.2. The molecule has 4 nitrogen and oxygen atoms in total. The molecule has 0 spiro atoms. The van der Waals surface area contributed by atoms with Crippen LogP contribution in [-0.4, -0.2) is 19.4 Å². The Kier molecular flexibility index (Phi) is 3.37. The quantitative estimate of drug-likeness (QED) is 0.747. The molecule has 0 fully saturated rings. The number of nitrogens with zero attached hydrogens (tertiary/aromatic N) is 1. The van der Waals surface area contributed by atoms with Gasteiger partial charge in [0.2, 0.25) is 0 Å². The van der Waals surface area contributed by atoms with Crippen LogP contribution in [0, 0.1) is 17.1 Å². The van der Waals surface area contributed by atoms with Crippen LogP contribution < -0.4 is 10.5 Å². The Morgan fingerprint density at radius 2 is 2.33 bits per heavy atom. The Hall–Kier alpha value is -1.93. The van der Waals surface area contributed by atoms with E-state index in [2.05, 4.69) is 0 Å². The van der Waals surface area contributed by atoms with Crippen LogP contribution in [0.2, 0.25) is 0 Å². The van der Waals surface area contributed by atoms with E-state index in [4.69, 9.17) is 15.7 Å². The lowest BCUT2D eigenvalue weighted by Gasteiger charge is -2.06. The highest BCUT2D eigenvalue weighted by molar-refractivity contribution is 5.98. The molecule has 0 amide bonds. The second-order valence-corrected chi connectivity index (χ2v) is 2.78. The van der Waals surface area contributed by atoms with Gasteiger partial charge in [-0.15, -0.1) is 0 Å². The summed E-state index contributed by atoms with van der Waals surface area (Å²) in [5.41, 5.74) is 5.19. The summed E-state index contributed by atoms with van der Waals surface area (Å²) < 4.78 is 18.0. The van der Waals surface area contributed by atoms with Crippen molar-refractivity contribution in [2.24, 2.45) is 5.73 Å². The maximum absolute atomic E-state index is 13.3. The highest BCUT2D eigenvalue weighted by atomic mass is 19.1. The number of halogens is 1. The Labute approximate surface area is 86.1 Å². The van der Waals surface area contributed by atoms with Crippen LogP contribution >= 0.6 is 0 Å². The molecule has 1 aromatic carbocycles. The van der Waals surface area contributed by atoms with Crippen molar-refractivity contribution in [1.82, 2.24) is 0 Å². The number of benzene rings is 1. The molecule has 0 aliphatic heterocycles. The Morgan fingerprint density at radius 3 is 2.80 bits per heavy atom. The number of nitrogens with two attached hydrogens (primary N) is 1. The molecule has 2 N–H and O–H groups in total. The summed E-state index contributed by atoms with van der Waals surface area (Å²) in [5.74, 6) is -1.33. The first-order chi connectivity index (χ1) is 7.13. The maximum Gasteiger partial charge on any atom is 0.176 e. The molecule has 0 aliphatic rings. The van der Waals surface area contributed by atoms with Gasteiger partial charge in [-0.25, -0.2) is 4.39 Å². The minimum absolute atomic E-state index is 0.0192. The van der Waals surface area contributed by atoms with Crippen molar-refractivity contribution in [3.8, 4) is 11.8 Å². The van der Waals surface area contributed by atoms with E-state index in [-0.39, 0.29) is 23.4 Å². The molecule has 0 bridgehead atoms. The summed E-state index contributed by atoms with van der Waals surface area (Å²) in [6.45, 7) is -0.226. The zero-order valence-electron chi connectivity index (χ0n) is 8.08. The van der Waals surface area contributed by atoms with Gasteiger partial charge in [0.25, 0.3) is 0 Å². The van der Waals surface area contributed by atoms with Crippen LogP contribution in [0.4, 0.5) is 4.39 Å². The van der Waals surface area contributed by atoms with E-state index in [1.54, 1.807) is 6.07 Å². The molecule has 0 heterocycles. The lowest BCUT2D eigenvalue weighted by atomic mass is 10.1. The molecule has 15 heavy (non-hydrogen) atoms. The van der Waals surface area contributed by atoms with Gasteiger partial charge in [-0.05, 0) is 12.1 Å². The van der Waals surface area contributed by atoms with E-state index in [1.807, 2.05) is 0 Å². The van der Waals surface area contributed by atoms with Gasteiger partial charge in [-0.1, -0.05) is 0 Å². The molecule has 0 radical (unpaired) electrons. The van der Waals surface area contributed by atoms with Crippen molar-refractivity contribution in [3.05, 3.63) is 29.1 Å². The Morgan fingerprint density at radius 1 is 1.67 bits per heavy atom. The average Bonchev–Trinajstić information content (AvgIpc) is 2.26. The predicted octanol–water partition coefficient (Wildman–Crippen LogP) is 0.847. The van der Waals surface area contributed by atoms with Gasteiger partial charge in [0.1, 0.15) is 6.07 Å². The molecule has 0 atom stereocenters. The zero-order valence-corrected chi connectivity index (χ0v) is 8.08. The maximum atomic E-state index is 13.3. The number of rotatable bonds is 3. The first-order valence-electron chi connectivity index (χ1n) is 4.15. The molecule has 0 unspecified atom stereocenters. The van der Waals surface area contributed by atoms with Crippen molar-refractivity contribution >= 4 is 5.78 Å². The van der Waals surface area contributed by atoms with Crippen molar-refractivity contribution in [2.45, 2.75) is 0 Å². The highest BCUT2D eigenvalue weighted by Gasteiger charge is 2.14. The zero-order chi connectivity index (χ0) is 11.4. The summed E-state index contributed by atoms with van der Waals surface area (Å²) in [6.07, 6.45) is 0. The van der Waals surface area contributed by atoms with Gasteiger partial charge in [0.05, 0.1) is 19.2 Å². The normalized spacial score (nSPS) is 9.47. The average molecular weight is 208 g/mol. The summed E-state index contributed by atoms with van der Waals surface area (Å²) in [6, 6.07) is 4.02. The SMILES string of the molecule is COc1c(F)cc(C(=O)CN)cc1C#N. The fourth-order valence-electron chi connectivity index (χ4n) is 1.16. The first-order valence-corrected chi connectivity index (χ1v) is 4.15. The molecule has 1 aromatic rings. The van der Waals surface area contributed by atoms with E-state index in [1.165, 1.54) is 13.2 Å². The van der Waals surface area contributed by atoms with E-state index in [0.717, 1.165) is 6.07 Å². The van der Waals surface area contributed by atoms with Crippen LogP contribution in [-0.2, 0) is 0 Å². The van der Waals surface area contributed by atoms with Gasteiger partial charge in [0.15, 0.2) is 17.3 Å². The number of methoxy groups -OCH3 is 1. The van der Waals surface area contributed by atoms with Crippen molar-refractivity contribution in [1.29, 1.82) is 5.26 Å². The molecule has 0 saturated heterocycles. The molecule has 0 saturated carbocycles. The third kappa shape index (κ3) is 2.11. The van der Waals surface area contributed by atoms with Gasteiger partial charge in [-0.2, -0.15) is 5.26 Å². The van der Waals surface area contributed by atoms with E-state index in [9.17, 15) is 9.18 Å². The first kappa shape index (κ1) is 11.1. The highest BCUT2D eigenvalue weighted by Crippen LogP contribution is 2.23. The molecule has 5 heteroatoms. The third-order valence-corrected chi connectivity index (χ3v) is 1.88. The number of carbonyl (C=O) groups is 1. The number of Topliss-reactive ketones (excluding diaryl/α,β-unsaturated/α-hetero) is 1. The lowest BCUT2D eigenvalue weighted by Crippen LogP contribution is -2.14. The minimum Gasteiger partial charge on any atom is -0.492 e. The Bertz CT molecular complexity index is 438. The van der Waals surface area contributed by atoms with Crippen molar-refractivity contribution < 1.29 is 13.9 Å². The van der Waals surface area contributed by atoms with Gasteiger partial charge < -0.3 is 10.5 Å². The Balaban J connectivity index is 3.33. The van der Waals surface area contributed by atoms with Crippen LogP contribution in [0.15, 0.2) is 12.1 Å². The van der Waals surface area contributed by atoms with E-state index in [0.29, 0.717) is 0 Å². The van der Waals surface area contributed by atoms with E-state index >= 15 is 0 Å². The molecule has 0 aromatic heterocycles. The van der Waals surface area contributed by atoms with Gasteiger partial charge in [0, 0.05) is 5.56 Å². The number of nitriles is 1. The van der Waals surface area contributed by atoms with E-state index < -0.39 is 11.6 Å². The minimum atomic E-state index is -0.742. The standard InChI is InChI=1S/C10H9FN2O2/c1-15-10-7(4-12)2-6(3-8(10)11)9(14)5-13/h2-3H,5,13H2,1H3. The second-order valence-electron chi connectivity index (χ2n) is 2.78. The monoisotopic (exact) mass is 208 g/mol. The lowest BCUT2D eigenvalue weighted by molar-refractivity contribution is 0.100.